The van der Waals surface area contributed by atoms with E-state index in [1.165, 1.54) is 0 Å². The number of carbonyl (C=O) groups is 1. The zero-order valence-corrected chi connectivity index (χ0v) is 14.0. The van der Waals surface area contributed by atoms with Crippen LogP contribution in [0.15, 0.2) is 16.6 Å². The maximum absolute atomic E-state index is 12.1. The van der Waals surface area contributed by atoms with Gasteiger partial charge >= 0.3 is 0 Å². The second-order valence-corrected chi connectivity index (χ2v) is 5.87. The van der Waals surface area contributed by atoms with Crippen LogP contribution in [0, 0.1) is 0 Å². The number of carbonyl (C=O) groups excluding carboxylic acids is 1. The highest BCUT2D eigenvalue weighted by atomic mass is 79.9. The molecule has 0 aliphatic carbocycles. The second-order valence-electron chi connectivity index (χ2n) is 5.02. The Bertz CT molecular complexity index is 502. The number of hydrogen-bond donors (Lipinski definition) is 2. The number of benzene rings is 1. The van der Waals surface area contributed by atoms with Crippen LogP contribution in [-0.2, 0) is 11.3 Å². The first-order chi connectivity index (χ1) is 10.2. The van der Waals surface area contributed by atoms with Gasteiger partial charge in [-0.25, -0.2) is 0 Å². The SMILES string of the molecule is COc1cc(Br)c(CNC(=O)C2CCCCN2)cc1OC. The summed E-state index contributed by atoms with van der Waals surface area (Å²) in [6.45, 7) is 1.37. The number of halogens is 1. The molecule has 1 heterocycles. The Labute approximate surface area is 133 Å². The first-order valence-corrected chi connectivity index (χ1v) is 7.86. The lowest BCUT2D eigenvalue weighted by atomic mass is 10.0. The Balaban J connectivity index is 2.00. The van der Waals surface area contributed by atoms with Crippen LogP contribution < -0.4 is 20.1 Å². The third-order valence-electron chi connectivity index (χ3n) is 3.63. The van der Waals surface area contributed by atoms with E-state index in [0.717, 1.165) is 35.8 Å². The molecule has 2 rings (SSSR count). The van der Waals surface area contributed by atoms with Crippen LogP contribution in [0.3, 0.4) is 0 Å². The van der Waals surface area contributed by atoms with Crippen LogP contribution in [0.25, 0.3) is 0 Å². The molecule has 1 amide bonds. The average Bonchev–Trinajstić information content (AvgIpc) is 2.53. The molecule has 1 unspecified atom stereocenters. The van der Waals surface area contributed by atoms with Crippen molar-refractivity contribution in [2.75, 3.05) is 20.8 Å². The van der Waals surface area contributed by atoms with Crippen molar-refractivity contribution < 1.29 is 14.3 Å². The number of rotatable bonds is 5. The van der Waals surface area contributed by atoms with E-state index in [2.05, 4.69) is 26.6 Å². The summed E-state index contributed by atoms with van der Waals surface area (Å²) in [5.74, 6) is 1.37. The van der Waals surface area contributed by atoms with E-state index in [0.29, 0.717) is 18.0 Å². The van der Waals surface area contributed by atoms with Crippen molar-refractivity contribution in [3.05, 3.63) is 22.2 Å². The molecular weight excluding hydrogens is 336 g/mol. The van der Waals surface area contributed by atoms with E-state index in [9.17, 15) is 4.79 Å². The maximum atomic E-state index is 12.1. The zero-order chi connectivity index (χ0) is 15.2. The van der Waals surface area contributed by atoms with Crippen LogP contribution in [0.2, 0.25) is 0 Å². The molecule has 1 atom stereocenters. The van der Waals surface area contributed by atoms with Gasteiger partial charge < -0.3 is 20.1 Å². The van der Waals surface area contributed by atoms with Gasteiger partial charge in [-0.05, 0) is 37.1 Å². The van der Waals surface area contributed by atoms with Gasteiger partial charge in [0.25, 0.3) is 0 Å². The Morgan fingerprint density at radius 2 is 2.05 bits per heavy atom. The smallest absolute Gasteiger partial charge is 0.237 e. The van der Waals surface area contributed by atoms with Crippen molar-refractivity contribution in [1.82, 2.24) is 10.6 Å². The van der Waals surface area contributed by atoms with Gasteiger partial charge in [0.05, 0.1) is 20.3 Å². The molecule has 21 heavy (non-hydrogen) atoms. The highest BCUT2D eigenvalue weighted by Gasteiger charge is 2.20. The highest BCUT2D eigenvalue weighted by molar-refractivity contribution is 9.10. The first kappa shape index (κ1) is 16.1. The van der Waals surface area contributed by atoms with Crippen LogP contribution in [0.1, 0.15) is 24.8 Å². The van der Waals surface area contributed by atoms with Crippen molar-refractivity contribution in [3.8, 4) is 11.5 Å². The third kappa shape index (κ3) is 4.11. The van der Waals surface area contributed by atoms with Gasteiger partial charge in [0.15, 0.2) is 11.5 Å². The fourth-order valence-electron chi connectivity index (χ4n) is 2.41. The fourth-order valence-corrected chi connectivity index (χ4v) is 2.88. The Morgan fingerprint density at radius 3 is 2.67 bits per heavy atom. The van der Waals surface area contributed by atoms with Gasteiger partial charge in [0.2, 0.25) is 5.91 Å². The van der Waals surface area contributed by atoms with E-state index in [1.54, 1.807) is 14.2 Å². The molecule has 0 bridgehead atoms. The minimum Gasteiger partial charge on any atom is -0.493 e. The summed E-state index contributed by atoms with van der Waals surface area (Å²) >= 11 is 3.49. The lowest BCUT2D eigenvalue weighted by Crippen LogP contribution is -2.46. The molecule has 0 radical (unpaired) electrons. The molecule has 1 aromatic rings. The van der Waals surface area contributed by atoms with Crippen molar-refractivity contribution in [2.45, 2.75) is 31.8 Å². The Morgan fingerprint density at radius 1 is 1.33 bits per heavy atom. The predicted molar refractivity (Wildman–Crippen MR) is 84.7 cm³/mol. The van der Waals surface area contributed by atoms with E-state index < -0.39 is 0 Å². The third-order valence-corrected chi connectivity index (χ3v) is 4.37. The van der Waals surface area contributed by atoms with E-state index >= 15 is 0 Å². The zero-order valence-electron chi connectivity index (χ0n) is 12.4. The number of hydrogen-bond acceptors (Lipinski definition) is 4. The summed E-state index contributed by atoms with van der Waals surface area (Å²) in [6.07, 6.45) is 3.15. The minimum absolute atomic E-state index is 0.0522. The minimum atomic E-state index is -0.0716. The van der Waals surface area contributed by atoms with E-state index in [-0.39, 0.29) is 11.9 Å². The molecule has 116 valence electrons. The predicted octanol–water partition coefficient (Wildman–Crippen LogP) is 2.22. The Kier molecular flexibility index (Phi) is 5.87. The molecule has 1 saturated heterocycles. The largest absolute Gasteiger partial charge is 0.493 e. The molecule has 0 saturated carbocycles. The summed E-state index contributed by atoms with van der Waals surface area (Å²) < 4.78 is 11.4. The second kappa shape index (κ2) is 7.66. The number of amides is 1. The summed E-state index contributed by atoms with van der Waals surface area (Å²) in [5, 5.41) is 6.21. The van der Waals surface area contributed by atoms with Gasteiger partial charge in [-0.1, -0.05) is 22.4 Å². The van der Waals surface area contributed by atoms with Gasteiger partial charge in [-0.3, -0.25) is 4.79 Å². The monoisotopic (exact) mass is 356 g/mol. The van der Waals surface area contributed by atoms with Crippen LogP contribution in [-0.4, -0.2) is 32.7 Å². The molecule has 1 aliphatic heterocycles. The molecule has 0 spiro atoms. The maximum Gasteiger partial charge on any atom is 0.237 e. The molecule has 5 nitrogen and oxygen atoms in total. The summed E-state index contributed by atoms with van der Waals surface area (Å²) in [7, 11) is 3.19. The van der Waals surface area contributed by atoms with Gasteiger partial charge in [-0.15, -0.1) is 0 Å². The lowest BCUT2D eigenvalue weighted by molar-refractivity contribution is -0.123. The molecule has 1 aliphatic rings. The fraction of sp³-hybridized carbons (Fsp3) is 0.533. The number of piperidine rings is 1. The van der Waals surface area contributed by atoms with Crippen LogP contribution >= 0.6 is 15.9 Å². The quantitative estimate of drug-likeness (QED) is 0.849. The molecular formula is C15H21BrN2O3. The molecule has 6 heteroatoms. The van der Waals surface area contributed by atoms with Crippen molar-refractivity contribution in [1.29, 1.82) is 0 Å². The average molecular weight is 357 g/mol. The Hall–Kier alpha value is -1.27. The molecule has 2 N–H and O–H groups in total. The number of nitrogens with one attached hydrogen (secondary N) is 2. The molecule has 0 aromatic heterocycles. The standard InChI is InChI=1S/C15H21BrN2O3/c1-20-13-7-10(11(16)8-14(13)21-2)9-18-15(19)12-5-3-4-6-17-12/h7-8,12,17H,3-6,9H2,1-2H3,(H,18,19). The van der Waals surface area contributed by atoms with Crippen molar-refractivity contribution >= 4 is 21.8 Å². The molecule has 1 fully saturated rings. The summed E-state index contributed by atoms with van der Waals surface area (Å²) in [6, 6.07) is 3.65. The van der Waals surface area contributed by atoms with Crippen LogP contribution in [0.4, 0.5) is 0 Å². The van der Waals surface area contributed by atoms with Gasteiger partial charge in [-0.2, -0.15) is 0 Å². The van der Waals surface area contributed by atoms with Gasteiger partial charge in [0, 0.05) is 11.0 Å². The van der Waals surface area contributed by atoms with Crippen molar-refractivity contribution in [3.63, 3.8) is 0 Å². The summed E-state index contributed by atoms with van der Waals surface area (Å²) in [5.41, 5.74) is 0.955. The van der Waals surface area contributed by atoms with Crippen LogP contribution in [0.5, 0.6) is 11.5 Å². The lowest BCUT2D eigenvalue weighted by Gasteiger charge is -2.22. The van der Waals surface area contributed by atoms with Gasteiger partial charge in [0.1, 0.15) is 0 Å². The normalized spacial score (nSPS) is 18.1. The van der Waals surface area contributed by atoms with E-state index in [4.69, 9.17) is 9.47 Å². The number of methoxy groups -OCH3 is 2. The first-order valence-electron chi connectivity index (χ1n) is 7.07. The number of ether oxygens (including phenoxy) is 2. The topological polar surface area (TPSA) is 59.6 Å². The highest BCUT2D eigenvalue weighted by Crippen LogP contribution is 2.33. The van der Waals surface area contributed by atoms with Crippen molar-refractivity contribution in [2.24, 2.45) is 0 Å². The summed E-state index contributed by atoms with van der Waals surface area (Å²) in [4.78, 5) is 12.1. The molecule has 1 aromatic carbocycles. The van der Waals surface area contributed by atoms with E-state index in [1.807, 2.05) is 12.1 Å².